The molecule has 0 saturated heterocycles. The van der Waals surface area contributed by atoms with Crippen LogP contribution in [-0.4, -0.2) is 20.6 Å². The van der Waals surface area contributed by atoms with Gasteiger partial charge in [0.05, 0.1) is 27.4 Å². The van der Waals surface area contributed by atoms with Crippen LogP contribution >= 0.6 is 11.6 Å². The number of amides is 1. The van der Waals surface area contributed by atoms with Gasteiger partial charge >= 0.3 is 0 Å². The average Bonchev–Trinajstić information content (AvgIpc) is 2.91. The van der Waals surface area contributed by atoms with Crippen molar-refractivity contribution in [3.8, 4) is 11.5 Å². The maximum atomic E-state index is 12.5. The monoisotopic (exact) mass is 400 g/mol. The van der Waals surface area contributed by atoms with E-state index in [1.807, 2.05) is 19.1 Å². The predicted molar refractivity (Wildman–Crippen MR) is 105 cm³/mol. The molecule has 0 unspecified atom stereocenters. The highest BCUT2D eigenvalue weighted by atomic mass is 35.5. The van der Waals surface area contributed by atoms with Crippen molar-refractivity contribution in [2.24, 2.45) is 7.05 Å². The van der Waals surface area contributed by atoms with Crippen molar-refractivity contribution in [2.45, 2.75) is 13.8 Å². The van der Waals surface area contributed by atoms with Crippen LogP contribution < -0.4 is 10.1 Å². The average molecular weight is 401 g/mol. The maximum Gasteiger partial charge on any atom is 0.277 e. The largest absolute Gasteiger partial charge is 0.457 e. The Hall–Kier alpha value is -3.39. The Kier molecular flexibility index (Phi) is 5.32. The fraction of sp³-hybridized carbons (Fsp3) is 0.158. The van der Waals surface area contributed by atoms with Gasteiger partial charge in [-0.25, -0.2) is 0 Å². The smallest absolute Gasteiger partial charge is 0.277 e. The summed E-state index contributed by atoms with van der Waals surface area (Å²) in [5.41, 5.74) is 1.52. The van der Waals surface area contributed by atoms with Gasteiger partial charge in [0.1, 0.15) is 11.5 Å². The first-order chi connectivity index (χ1) is 13.3. The molecule has 2 aromatic carbocycles. The van der Waals surface area contributed by atoms with E-state index in [0.29, 0.717) is 11.4 Å². The molecule has 0 aliphatic carbocycles. The number of rotatable bonds is 5. The first-order valence-corrected chi connectivity index (χ1v) is 8.67. The molecule has 1 aromatic heterocycles. The first kappa shape index (κ1) is 19.4. The molecular formula is C19H17ClN4O4. The normalized spacial score (nSPS) is 10.6. The molecule has 0 bridgehead atoms. The van der Waals surface area contributed by atoms with Crippen LogP contribution in [0.15, 0.2) is 42.5 Å². The Bertz CT molecular complexity index is 1080. The molecule has 0 aliphatic heterocycles. The van der Waals surface area contributed by atoms with Gasteiger partial charge in [-0.1, -0.05) is 29.8 Å². The number of aryl methyl sites for hydroxylation is 2. The van der Waals surface area contributed by atoms with Crippen molar-refractivity contribution in [3.63, 3.8) is 0 Å². The molecule has 1 N–H and O–H groups in total. The number of para-hydroxylation sites is 1. The van der Waals surface area contributed by atoms with E-state index in [1.165, 1.54) is 22.9 Å². The number of aromatic nitrogens is 2. The minimum atomic E-state index is -0.573. The van der Waals surface area contributed by atoms with Gasteiger partial charge in [0.25, 0.3) is 11.6 Å². The highest BCUT2D eigenvalue weighted by Crippen LogP contribution is 2.31. The predicted octanol–water partition coefficient (Wildman–Crippen LogP) is 4.64. The molecular weight excluding hydrogens is 384 g/mol. The summed E-state index contributed by atoms with van der Waals surface area (Å²) in [5, 5.41) is 18.2. The van der Waals surface area contributed by atoms with E-state index in [9.17, 15) is 14.9 Å². The zero-order chi connectivity index (χ0) is 20.4. The molecule has 8 nitrogen and oxygen atoms in total. The molecule has 1 amide bonds. The number of anilines is 1. The third-order valence-corrected chi connectivity index (χ3v) is 4.61. The topological polar surface area (TPSA) is 99.3 Å². The third kappa shape index (κ3) is 3.96. The number of hydrogen-bond donors (Lipinski definition) is 1. The van der Waals surface area contributed by atoms with Crippen LogP contribution in [0.25, 0.3) is 0 Å². The lowest BCUT2D eigenvalue weighted by atomic mass is 10.2. The summed E-state index contributed by atoms with van der Waals surface area (Å²) in [4.78, 5) is 23.2. The van der Waals surface area contributed by atoms with E-state index in [1.54, 1.807) is 26.1 Å². The van der Waals surface area contributed by atoms with Gasteiger partial charge in [0.2, 0.25) is 0 Å². The van der Waals surface area contributed by atoms with Crippen LogP contribution in [-0.2, 0) is 7.05 Å². The Morgan fingerprint density at radius 2 is 1.96 bits per heavy atom. The lowest BCUT2D eigenvalue weighted by Crippen LogP contribution is -2.13. The quantitative estimate of drug-likeness (QED) is 0.496. The zero-order valence-electron chi connectivity index (χ0n) is 15.4. The standard InChI is InChI=1S/C19H17ClN4O4/c1-11-6-4-5-7-16(11)28-15-9-13(8-14(10-15)24(26)27)21-19(25)18-17(20)12(2)23(3)22-18/h4-10H,1-3H3,(H,21,25). The molecule has 3 aromatic rings. The second kappa shape index (κ2) is 7.69. The van der Waals surface area contributed by atoms with Gasteiger partial charge in [-0.15, -0.1) is 0 Å². The summed E-state index contributed by atoms with van der Waals surface area (Å²) in [7, 11) is 1.67. The fourth-order valence-electron chi connectivity index (χ4n) is 2.54. The zero-order valence-corrected chi connectivity index (χ0v) is 16.1. The summed E-state index contributed by atoms with van der Waals surface area (Å²) in [6.07, 6.45) is 0. The van der Waals surface area contributed by atoms with Crippen molar-refractivity contribution in [3.05, 3.63) is 74.6 Å². The molecule has 28 heavy (non-hydrogen) atoms. The van der Waals surface area contributed by atoms with Crippen molar-refractivity contribution in [1.29, 1.82) is 0 Å². The van der Waals surface area contributed by atoms with E-state index in [-0.39, 0.29) is 27.8 Å². The minimum absolute atomic E-state index is 0.0366. The molecule has 0 fully saturated rings. The summed E-state index contributed by atoms with van der Waals surface area (Å²) < 4.78 is 7.26. The van der Waals surface area contributed by atoms with Gasteiger partial charge in [-0.3, -0.25) is 19.6 Å². The van der Waals surface area contributed by atoms with Crippen molar-refractivity contribution < 1.29 is 14.5 Å². The van der Waals surface area contributed by atoms with E-state index in [2.05, 4.69) is 10.4 Å². The van der Waals surface area contributed by atoms with E-state index >= 15 is 0 Å². The number of ether oxygens (including phenoxy) is 1. The van der Waals surface area contributed by atoms with E-state index in [0.717, 1.165) is 5.56 Å². The Labute approximate surface area is 165 Å². The molecule has 3 rings (SSSR count). The summed E-state index contributed by atoms with van der Waals surface area (Å²) in [6.45, 7) is 3.59. The number of nitrogens with zero attached hydrogens (tertiary/aromatic N) is 3. The number of non-ortho nitro benzene ring substituents is 1. The lowest BCUT2D eigenvalue weighted by Gasteiger charge is -2.10. The molecule has 144 valence electrons. The van der Waals surface area contributed by atoms with Crippen molar-refractivity contribution >= 4 is 28.9 Å². The van der Waals surface area contributed by atoms with Gasteiger partial charge in [0, 0.05) is 19.2 Å². The number of carbonyl (C=O) groups is 1. The van der Waals surface area contributed by atoms with Crippen LogP contribution in [0.3, 0.4) is 0 Å². The number of halogens is 1. The molecule has 0 aliphatic rings. The molecule has 0 radical (unpaired) electrons. The fourth-order valence-corrected chi connectivity index (χ4v) is 2.78. The van der Waals surface area contributed by atoms with E-state index < -0.39 is 10.8 Å². The van der Waals surface area contributed by atoms with Crippen LogP contribution in [0.1, 0.15) is 21.7 Å². The molecule has 1 heterocycles. The Morgan fingerprint density at radius 1 is 1.25 bits per heavy atom. The van der Waals surface area contributed by atoms with Crippen LogP contribution in [0.4, 0.5) is 11.4 Å². The third-order valence-electron chi connectivity index (χ3n) is 4.16. The summed E-state index contributed by atoms with van der Waals surface area (Å²) >= 11 is 6.14. The van der Waals surface area contributed by atoms with E-state index in [4.69, 9.17) is 16.3 Å². The highest BCUT2D eigenvalue weighted by molar-refractivity contribution is 6.34. The van der Waals surface area contributed by atoms with Gasteiger partial charge in [-0.2, -0.15) is 5.10 Å². The molecule has 0 spiro atoms. The molecule has 9 heteroatoms. The lowest BCUT2D eigenvalue weighted by molar-refractivity contribution is -0.384. The number of benzene rings is 2. The number of carbonyl (C=O) groups excluding carboxylic acids is 1. The van der Waals surface area contributed by atoms with Crippen LogP contribution in [0.2, 0.25) is 5.02 Å². The van der Waals surface area contributed by atoms with Gasteiger partial charge < -0.3 is 10.1 Å². The van der Waals surface area contributed by atoms with Crippen molar-refractivity contribution in [1.82, 2.24) is 9.78 Å². The van der Waals surface area contributed by atoms with Crippen molar-refractivity contribution in [2.75, 3.05) is 5.32 Å². The van der Waals surface area contributed by atoms with Crippen LogP contribution in [0.5, 0.6) is 11.5 Å². The molecule has 0 atom stereocenters. The summed E-state index contributed by atoms with van der Waals surface area (Å²) in [5.74, 6) is 0.210. The highest BCUT2D eigenvalue weighted by Gasteiger charge is 2.20. The molecule has 0 saturated carbocycles. The Morgan fingerprint density at radius 3 is 2.57 bits per heavy atom. The van der Waals surface area contributed by atoms with Crippen LogP contribution in [0, 0.1) is 24.0 Å². The SMILES string of the molecule is Cc1ccccc1Oc1cc(NC(=O)c2nn(C)c(C)c2Cl)cc([N+](=O)[O-])c1. The second-order valence-electron chi connectivity index (χ2n) is 6.17. The first-order valence-electron chi connectivity index (χ1n) is 8.29. The number of nitro benzene ring substituents is 1. The number of nitrogens with one attached hydrogen (secondary N) is 1. The maximum absolute atomic E-state index is 12.5. The summed E-state index contributed by atoms with van der Waals surface area (Å²) in [6, 6.07) is 11.3. The second-order valence-corrected chi connectivity index (χ2v) is 6.54. The Balaban J connectivity index is 1.93. The van der Waals surface area contributed by atoms with Gasteiger partial charge in [0.15, 0.2) is 5.69 Å². The van der Waals surface area contributed by atoms with Gasteiger partial charge in [-0.05, 0) is 25.5 Å². The minimum Gasteiger partial charge on any atom is -0.457 e. The number of hydrogen-bond acceptors (Lipinski definition) is 5. The number of nitro groups is 1.